The van der Waals surface area contributed by atoms with Gasteiger partial charge >= 0.3 is 0 Å². The molecule has 0 aromatic carbocycles. The van der Waals surface area contributed by atoms with Crippen LogP contribution in [-0.4, -0.2) is 37.7 Å². The highest BCUT2D eigenvalue weighted by atomic mass is 16.5. The van der Waals surface area contributed by atoms with Crippen molar-refractivity contribution in [3.05, 3.63) is 0 Å². The van der Waals surface area contributed by atoms with Gasteiger partial charge in [-0.15, -0.1) is 0 Å². The summed E-state index contributed by atoms with van der Waals surface area (Å²) in [6, 6.07) is -0.277. The van der Waals surface area contributed by atoms with E-state index in [2.05, 4.69) is 5.32 Å². The largest absolute Gasteiger partial charge is 0.380 e. The highest BCUT2D eigenvalue weighted by molar-refractivity contribution is 5.79. The number of nitrogens with two attached hydrogens (primary N) is 2. The Morgan fingerprint density at radius 2 is 2.46 bits per heavy atom. The smallest absolute Gasteiger partial charge is 0.235 e. The van der Waals surface area contributed by atoms with Crippen LogP contribution in [0.3, 0.4) is 0 Å². The van der Waals surface area contributed by atoms with Crippen LogP contribution >= 0.6 is 0 Å². The molecular weight excluding hydrogens is 170 g/mol. The number of carbonyl (C=O) groups excluding carboxylic acids is 1. The number of primary amides is 1. The molecule has 1 fully saturated rings. The summed E-state index contributed by atoms with van der Waals surface area (Å²) in [6.07, 6.45) is 2.13. The molecule has 5 nitrogen and oxygen atoms in total. The number of rotatable bonds is 4. The highest BCUT2D eigenvalue weighted by Gasteiger charge is 2.15. The minimum atomic E-state index is -0.595. The fraction of sp³-hybridized carbons (Fsp3) is 0.875. The molecule has 2 unspecified atom stereocenters. The van der Waals surface area contributed by atoms with Gasteiger partial charge in [-0.1, -0.05) is 0 Å². The van der Waals surface area contributed by atoms with E-state index in [1.165, 1.54) is 0 Å². The Hall–Kier alpha value is -0.650. The Morgan fingerprint density at radius 3 is 3.00 bits per heavy atom. The molecule has 2 atom stereocenters. The monoisotopic (exact) mass is 187 g/mol. The van der Waals surface area contributed by atoms with Crippen molar-refractivity contribution in [3.63, 3.8) is 0 Å². The van der Waals surface area contributed by atoms with E-state index in [4.69, 9.17) is 16.2 Å². The lowest BCUT2D eigenvalue weighted by molar-refractivity contribution is -0.119. The fourth-order valence-electron chi connectivity index (χ4n) is 1.30. The molecule has 1 saturated heterocycles. The molecule has 1 rings (SSSR count). The maximum absolute atomic E-state index is 10.6. The Bertz CT molecular complexity index is 169. The van der Waals surface area contributed by atoms with Crippen molar-refractivity contribution in [2.75, 3.05) is 19.8 Å². The lowest BCUT2D eigenvalue weighted by Crippen LogP contribution is -2.48. The van der Waals surface area contributed by atoms with Gasteiger partial charge in [0, 0.05) is 19.2 Å². The van der Waals surface area contributed by atoms with Crippen LogP contribution in [0, 0.1) is 0 Å². The normalized spacial score (nSPS) is 25.5. The van der Waals surface area contributed by atoms with Crippen molar-refractivity contribution in [3.8, 4) is 0 Å². The molecule has 0 saturated carbocycles. The second-order valence-corrected chi connectivity index (χ2v) is 3.33. The molecule has 76 valence electrons. The van der Waals surface area contributed by atoms with Gasteiger partial charge in [-0.2, -0.15) is 0 Å². The third kappa shape index (κ3) is 3.71. The van der Waals surface area contributed by atoms with Crippen molar-refractivity contribution in [2.45, 2.75) is 24.9 Å². The molecule has 0 spiro atoms. The van der Waals surface area contributed by atoms with E-state index in [1.54, 1.807) is 0 Å². The average Bonchev–Trinajstić information content (AvgIpc) is 2.15. The van der Waals surface area contributed by atoms with Gasteiger partial charge in [0.25, 0.3) is 0 Å². The summed E-state index contributed by atoms with van der Waals surface area (Å²) >= 11 is 0. The summed E-state index contributed by atoms with van der Waals surface area (Å²) in [4.78, 5) is 10.6. The molecule has 0 radical (unpaired) electrons. The number of hydrogen-bond acceptors (Lipinski definition) is 4. The van der Waals surface area contributed by atoms with Gasteiger partial charge in [-0.3, -0.25) is 4.79 Å². The van der Waals surface area contributed by atoms with Gasteiger partial charge in [0.2, 0.25) is 5.91 Å². The minimum Gasteiger partial charge on any atom is -0.380 e. The number of nitrogens with one attached hydrogen (secondary N) is 1. The van der Waals surface area contributed by atoms with Crippen LogP contribution < -0.4 is 16.8 Å². The second-order valence-electron chi connectivity index (χ2n) is 3.33. The van der Waals surface area contributed by atoms with Crippen molar-refractivity contribution in [1.29, 1.82) is 0 Å². The lowest BCUT2D eigenvalue weighted by Gasteiger charge is -2.24. The van der Waals surface area contributed by atoms with Gasteiger partial charge in [0.1, 0.15) is 0 Å². The summed E-state index contributed by atoms with van der Waals surface area (Å²) in [6.45, 7) is 1.97. The molecule has 0 bridgehead atoms. The predicted molar refractivity (Wildman–Crippen MR) is 49.0 cm³/mol. The zero-order valence-corrected chi connectivity index (χ0v) is 7.66. The van der Waals surface area contributed by atoms with E-state index in [1.807, 2.05) is 0 Å². The first-order valence-electron chi connectivity index (χ1n) is 4.56. The molecule has 1 aliphatic heterocycles. The number of ether oxygens (including phenoxy) is 1. The minimum absolute atomic E-state index is 0.319. The van der Waals surface area contributed by atoms with E-state index in [9.17, 15) is 4.79 Å². The summed E-state index contributed by atoms with van der Waals surface area (Å²) in [5.41, 5.74) is 10.5. The van der Waals surface area contributed by atoms with Crippen LogP contribution in [0.15, 0.2) is 0 Å². The van der Waals surface area contributed by atoms with Crippen molar-refractivity contribution in [2.24, 2.45) is 11.5 Å². The average molecular weight is 187 g/mol. The molecule has 0 aromatic rings. The zero-order chi connectivity index (χ0) is 9.68. The molecule has 13 heavy (non-hydrogen) atoms. The second kappa shape index (κ2) is 5.16. The summed E-state index contributed by atoms with van der Waals surface area (Å²) in [5.74, 6) is -0.468. The maximum atomic E-state index is 10.6. The number of amides is 1. The number of hydrogen-bond donors (Lipinski definition) is 3. The zero-order valence-electron chi connectivity index (χ0n) is 7.66. The molecule has 1 amide bonds. The molecule has 1 heterocycles. The summed E-state index contributed by atoms with van der Waals surface area (Å²) < 4.78 is 5.26. The van der Waals surface area contributed by atoms with Crippen LogP contribution in [0.25, 0.3) is 0 Å². The van der Waals surface area contributed by atoms with Crippen LogP contribution in [0.1, 0.15) is 12.8 Å². The van der Waals surface area contributed by atoms with Crippen LogP contribution in [0.5, 0.6) is 0 Å². The van der Waals surface area contributed by atoms with Gasteiger partial charge in [-0.25, -0.2) is 0 Å². The first-order chi connectivity index (χ1) is 6.20. The van der Waals surface area contributed by atoms with Crippen molar-refractivity contribution >= 4 is 5.91 Å². The summed E-state index contributed by atoms with van der Waals surface area (Å²) in [5, 5.41) is 3.15. The fourth-order valence-corrected chi connectivity index (χ4v) is 1.30. The lowest BCUT2D eigenvalue weighted by atomic mass is 10.1. The maximum Gasteiger partial charge on any atom is 0.235 e. The molecular formula is C8H17N3O2. The third-order valence-corrected chi connectivity index (χ3v) is 2.15. The van der Waals surface area contributed by atoms with E-state index in [-0.39, 0.29) is 0 Å². The van der Waals surface area contributed by atoms with Gasteiger partial charge in [0.05, 0.1) is 12.6 Å². The Morgan fingerprint density at radius 1 is 1.69 bits per heavy atom. The van der Waals surface area contributed by atoms with Crippen molar-refractivity contribution in [1.82, 2.24) is 5.32 Å². The first-order valence-corrected chi connectivity index (χ1v) is 4.56. The third-order valence-electron chi connectivity index (χ3n) is 2.15. The standard InChI is InChI=1S/C8H17N3O2/c9-7(8(10)12)4-11-6-2-1-3-13-5-6/h6-7,11H,1-5,9H2,(H2,10,12). The van der Waals surface area contributed by atoms with Crippen LogP contribution in [0.2, 0.25) is 0 Å². The van der Waals surface area contributed by atoms with Gasteiger partial charge in [-0.05, 0) is 12.8 Å². The topological polar surface area (TPSA) is 90.4 Å². The Kier molecular flexibility index (Phi) is 4.14. The van der Waals surface area contributed by atoms with Crippen molar-refractivity contribution < 1.29 is 9.53 Å². The van der Waals surface area contributed by atoms with E-state index >= 15 is 0 Å². The van der Waals surface area contributed by atoms with E-state index in [0.29, 0.717) is 19.2 Å². The molecule has 5 N–H and O–H groups in total. The van der Waals surface area contributed by atoms with E-state index < -0.39 is 11.9 Å². The van der Waals surface area contributed by atoms with Crippen LogP contribution in [-0.2, 0) is 9.53 Å². The molecule has 0 aromatic heterocycles. The van der Waals surface area contributed by atoms with Gasteiger partial charge < -0.3 is 21.5 Å². The highest BCUT2D eigenvalue weighted by Crippen LogP contribution is 2.05. The SMILES string of the molecule is NC(=O)C(N)CNC1CCCOC1. The van der Waals surface area contributed by atoms with Gasteiger partial charge in [0.15, 0.2) is 0 Å². The summed E-state index contributed by atoms with van der Waals surface area (Å²) in [7, 11) is 0. The number of carbonyl (C=O) groups is 1. The van der Waals surface area contributed by atoms with Crippen LogP contribution in [0.4, 0.5) is 0 Å². The molecule has 5 heteroatoms. The molecule has 1 aliphatic rings. The Labute approximate surface area is 77.8 Å². The molecule has 0 aliphatic carbocycles. The quantitative estimate of drug-likeness (QED) is 0.503. The predicted octanol–water partition coefficient (Wildman–Crippen LogP) is -1.43. The first kappa shape index (κ1) is 10.4. The van der Waals surface area contributed by atoms with E-state index in [0.717, 1.165) is 19.4 Å². The Balaban J connectivity index is 2.13.